The van der Waals surface area contributed by atoms with Gasteiger partial charge in [-0.25, -0.2) is 4.79 Å². The van der Waals surface area contributed by atoms with Crippen LogP contribution in [-0.4, -0.2) is 23.6 Å². The first kappa shape index (κ1) is 20.0. The van der Waals surface area contributed by atoms with E-state index in [1.807, 2.05) is 47.9 Å². The number of methoxy groups -OCH3 is 1. The third kappa shape index (κ3) is 4.22. The molecule has 3 aromatic rings. The van der Waals surface area contributed by atoms with Crippen molar-refractivity contribution in [2.24, 2.45) is 4.99 Å². The predicted molar refractivity (Wildman–Crippen MR) is 111 cm³/mol. The first-order chi connectivity index (χ1) is 13.5. The number of rotatable bonds is 6. The maximum atomic E-state index is 12.7. The second kappa shape index (κ2) is 8.97. The summed E-state index contributed by atoms with van der Waals surface area (Å²) in [6.07, 6.45) is 2.48. The average Bonchev–Trinajstić information content (AvgIpc) is 3.06. The largest absolute Gasteiger partial charge is 0.467 e. The highest BCUT2D eigenvalue weighted by Gasteiger charge is 2.24. The molecule has 0 fully saturated rings. The Balaban J connectivity index is 2.16. The SMILES string of the molecule is CCCCC(C(=O)OC)n1c(=NC(=O)c2ccc(C)cc2)sc2ccccc21. The molecule has 6 heteroatoms. The number of para-hydroxylation sites is 1. The predicted octanol–water partition coefficient (Wildman–Crippen LogP) is 4.66. The molecule has 0 aliphatic rings. The van der Waals surface area contributed by atoms with Gasteiger partial charge in [0.1, 0.15) is 6.04 Å². The van der Waals surface area contributed by atoms with Crippen LogP contribution in [0.3, 0.4) is 0 Å². The Hall–Kier alpha value is -2.73. The van der Waals surface area contributed by atoms with E-state index < -0.39 is 6.04 Å². The first-order valence-corrected chi connectivity index (χ1v) is 10.2. The van der Waals surface area contributed by atoms with Gasteiger partial charge in [-0.1, -0.05) is 60.9 Å². The van der Waals surface area contributed by atoms with Crippen molar-refractivity contribution in [3.63, 3.8) is 0 Å². The number of unbranched alkanes of at least 4 members (excludes halogenated alkanes) is 1. The molecule has 2 aromatic carbocycles. The number of carbonyl (C=O) groups is 2. The van der Waals surface area contributed by atoms with Gasteiger partial charge in [0, 0.05) is 5.56 Å². The molecule has 1 aromatic heterocycles. The topological polar surface area (TPSA) is 60.7 Å². The average molecular weight is 397 g/mol. The Bertz CT molecular complexity index is 1050. The van der Waals surface area contributed by atoms with E-state index >= 15 is 0 Å². The standard InChI is InChI=1S/C22H24N2O3S/c1-4-5-8-18(21(26)27-3)24-17-9-6-7-10-19(17)28-22(24)23-20(25)16-13-11-15(2)12-14-16/h6-7,9-14,18H,4-5,8H2,1-3H3. The molecule has 0 saturated carbocycles. The number of hydrogen-bond donors (Lipinski definition) is 0. The molecule has 0 N–H and O–H groups in total. The summed E-state index contributed by atoms with van der Waals surface area (Å²) in [5.74, 6) is -0.638. The van der Waals surface area contributed by atoms with Crippen LogP contribution in [0.2, 0.25) is 0 Å². The van der Waals surface area contributed by atoms with Crippen LogP contribution in [-0.2, 0) is 9.53 Å². The molecule has 28 heavy (non-hydrogen) atoms. The van der Waals surface area contributed by atoms with E-state index in [-0.39, 0.29) is 11.9 Å². The van der Waals surface area contributed by atoms with Crippen molar-refractivity contribution in [1.29, 1.82) is 0 Å². The number of carbonyl (C=O) groups excluding carboxylic acids is 2. The summed E-state index contributed by atoms with van der Waals surface area (Å²) in [7, 11) is 1.39. The number of aromatic nitrogens is 1. The van der Waals surface area contributed by atoms with Crippen LogP contribution >= 0.6 is 11.3 Å². The van der Waals surface area contributed by atoms with E-state index in [1.165, 1.54) is 18.4 Å². The Morgan fingerprint density at radius 1 is 1.14 bits per heavy atom. The summed E-state index contributed by atoms with van der Waals surface area (Å²) in [6.45, 7) is 4.05. The van der Waals surface area contributed by atoms with Crippen molar-refractivity contribution in [2.75, 3.05) is 7.11 Å². The van der Waals surface area contributed by atoms with Gasteiger partial charge in [0.05, 0.1) is 17.3 Å². The van der Waals surface area contributed by atoms with Gasteiger partial charge in [0.15, 0.2) is 4.80 Å². The van der Waals surface area contributed by atoms with Gasteiger partial charge in [-0.15, -0.1) is 0 Å². The maximum Gasteiger partial charge on any atom is 0.328 e. The second-order valence-electron chi connectivity index (χ2n) is 6.69. The Morgan fingerprint density at radius 2 is 1.86 bits per heavy atom. The highest BCUT2D eigenvalue weighted by atomic mass is 32.1. The fraction of sp³-hybridized carbons (Fsp3) is 0.318. The molecular formula is C22H24N2O3S. The number of aryl methyl sites for hydroxylation is 1. The lowest BCUT2D eigenvalue weighted by molar-refractivity contribution is -0.144. The number of esters is 1. The van der Waals surface area contributed by atoms with Gasteiger partial charge < -0.3 is 9.30 Å². The van der Waals surface area contributed by atoms with Crippen LogP contribution in [0, 0.1) is 6.92 Å². The molecule has 3 rings (SSSR count). The Morgan fingerprint density at radius 3 is 2.54 bits per heavy atom. The number of thiazole rings is 1. The minimum Gasteiger partial charge on any atom is -0.467 e. The van der Waals surface area contributed by atoms with E-state index in [2.05, 4.69) is 11.9 Å². The van der Waals surface area contributed by atoms with Crippen LogP contribution in [0.25, 0.3) is 10.2 Å². The van der Waals surface area contributed by atoms with Crippen LogP contribution in [0.5, 0.6) is 0 Å². The molecule has 5 nitrogen and oxygen atoms in total. The second-order valence-corrected chi connectivity index (χ2v) is 7.70. The van der Waals surface area contributed by atoms with Gasteiger partial charge in [-0.05, 0) is 37.6 Å². The smallest absolute Gasteiger partial charge is 0.328 e. The van der Waals surface area contributed by atoms with Crippen molar-refractivity contribution in [3.05, 3.63) is 64.5 Å². The number of hydrogen-bond acceptors (Lipinski definition) is 4. The van der Waals surface area contributed by atoms with Crippen LogP contribution in [0.4, 0.5) is 0 Å². The first-order valence-electron chi connectivity index (χ1n) is 9.38. The maximum absolute atomic E-state index is 12.7. The molecule has 1 unspecified atom stereocenters. The highest BCUT2D eigenvalue weighted by molar-refractivity contribution is 7.16. The molecular weight excluding hydrogens is 372 g/mol. The third-order valence-corrected chi connectivity index (χ3v) is 5.68. The van der Waals surface area contributed by atoms with Gasteiger partial charge in [0.2, 0.25) is 0 Å². The summed E-state index contributed by atoms with van der Waals surface area (Å²) in [6, 6.07) is 14.6. The molecule has 0 radical (unpaired) electrons. The van der Waals surface area contributed by atoms with Gasteiger partial charge in [-0.3, -0.25) is 4.79 Å². The van der Waals surface area contributed by atoms with E-state index in [0.717, 1.165) is 28.6 Å². The zero-order valence-corrected chi connectivity index (χ0v) is 17.2. The lowest BCUT2D eigenvalue weighted by Gasteiger charge is -2.17. The van der Waals surface area contributed by atoms with Crippen LogP contribution in [0.15, 0.2) is 53.5 Å². The molecule has 146 valence electrons. The monoisotopic (exact) mass is 396 g/mol. The van der Waals surface area contributed by atoms with Crippen molar-refractivity contribution >= 4 is 33.4 Å². The minimum atomic E-state index is -0.509. The van der Waals surface area contributed by atoms with E-state index in [9.17, 15) is 9.59 Å². The fourth-order valence-electron chi connectivity index (χ4n) is 3.10. The van der Waals surface area contributed by atoms with Crippen molar-refractivity contribution in [2.45, 2.75) is 39.2 Å². The van der Waals surface area contributed by atoms with Gasteiger partial charge in [0.25, 0.3) is 5.91 Å². The van der Waals surface area contributed by atoms with Crippen molar-refractivity contribution in [3.8, 4) is 0 Å². The molecule has 0 bridgehead atoms. The molecule has 1 amide bonds. The van der Waals surface area contributed by atoms with Crippen LogP contribution in [0.1, 0.15) is 48.1 Å². The van der Waals surface area contributed by atoms with Gasteiger partial charge in [-0.2, -0.15) is 4.99 Å². The third-order valence-electron chi connectivity index (χ3n) is 4.64. The summed E-state index contributed by atoms with van der Waals surface area (Å²) in [4.78, 5) is 30.2. The van der Waals surface area contributed by atoms with E-state index in [4.69, 9.17) is 4.74 Å². The zero-order chi connectivity index (χ0) is 20.1. The summed E-state index contributed by atoms with van der Waals surface area (Å²) in [5, 5.41) is 0. The van der Waals surface area contributed by atoms with Crippen molar-refractivity contribution < 1.29 is 14.3 Å². The van der Waals surface area contributed by atoms with E-state index in [0.29, 0.717) is 16.8 Å². The molecule has 0 saturated heterocycles. The molecule has 1 atom stereocenters. The fourth-order valence-corrected chi connectivity index (χ4v) is 4.17. The molecule has 1 heterocycles. The summed E-state index contributed by atoms with van der Waals surface area (Å²) >= 11 is 1.41. The number of ether oxygens (including phenoxy) is 1. The quantitative estimate of drug-likeness (QED) is 0.570. The number of amides is 1. The van der Waals surface area contributed by atoms with E-state index in [1.54, 1.807) is 12.1 Å². The lowest BCUT2D eigenvalue weighted by Crippen LogP contribution is -2.29. The highest BCUT2D eigenvalue weighted by Crippen LogP contribution is 2.24. The molecule has 0 spiro atoms. The zero-order valence-electron chi connectivity index (χ0n) is 16.3. The number of nitrogens with zero attached hydrogens (tertiary/aromatic N) is 2. The van der Waals surface area contributed by atoms with Gasteiger partial charge >= 0.3 is 5.97 Å². The Labute approximate surface area is 168 Å². The lowest BCUT2D eigenvalue weighted by atomic mass is 10.1. The number of fused-ring (bicyclic) bond motifs is 1. The summed E-state index contributed by atoms with van der Waals surface area (Å²) in [5.41, 5.74) is 2.49. The summed E-state index contributed by atoms with van der Waals surface area (Å²) < 4.78 is 7.89. The minimum absolute atomic E-state index is 0.318. The normalized spacial score (nSPS) is 12.9. The molecule has 0 aliphatic heterocycles. The Kier molecular flexibility index (Phi) is 6.41. The van der Waals surface area contributed by atoms with Crippen LogP contribution < -0.4 is 4.80 Å². The van der Waals surface area contributed by atoms with Crippen molar-refractivity contribution in [1.82, 2.24) is 4.57 Å². The number of benzene rings is 2. The molecule has 0 aliphatic carbocycles.